The van der Waals surface area contributed by atoms with Gasteiger partial charge in [-0.05, 0) is 62.1 Å². The summed E-state index contributed by atoms with van der Waals surface area (Å²) >= 11 is 0. The van der Waals surface area contributed by atoms with E-state index in [1.165, 1.54) is 24.0 Å². The number of aromatic nitrogens is 5. The van der Waals surface area contributed by atoms with Gasteiger partial charge in [0.1, 0.15) is 17.3 Å². The average molecular weight is 399 g/mol. The van der Waals surface area contributed by atoms with E-state index in [9.17, 15) is 0 Å². The molecule has 0 bridgehead atoms. The fourth-order valence-electron chi connectivity index (χ4n) is 4.26. The molecule has 0 radical (unpaired) electrons. The highest BCUT2D eigenvalue weighted by molar-refractivity contribution is 5.45. The molecular formula is C24H26N6. The van der Waals surface area contributed by atoms with Crippen LogP contribution in [-0.4, -0.2) is 37.4 Å². The van der Waals surface area contributed by atoms with Gasteiger partial charge >= 0.3 is 0 Å². The number of aryl methyl sites for hydroxylation is 2. The largest absolute Gasteiger partial charge is 0.357 e. The smallest absolute Gasteiger partial charge is 0.136 e. The number of fused-ring (bicyclic) bond motifs is 1. The molecule has 1 fully saturated rings. The van der Waals surface area contributed by atoms with Crippen molar-refractivity contribution in [2.24, 2.45) is 0 Å². The molecule has 6 nitrogen and oxygen atoms in total. The Morgan fingerprint density at radius 2 is 1.70 bits per heavy atom. The summed E-state index contributed by atoms with van der Waals surface area (Å²) in [6, 6.07) is 10.6. The van der Waals surface area contributed by atoms with Crippen molar-refractivity contribution >= 4 is 11.5 Å². The van der Waals surface area contributed by atoms with Gasteiger partial charge in [0.25, 0.3) is 0 Å². The van der Waals surface area contributed by atoms with Crippen molar-refractivity contribution in [2.45, 2.75) is 39.5 Å². The second-order valence-corrected chi connectivity index (χ2v) is 8.19. The molecule has 152 valence electrons. The van der Waals surface area contributed by atoms with Gasteiger partial charge in [-0.25, -0.2) is 15.0 Å². The van der Waals surface area contributed by atoms with Gasteiger partial charge in [0, 0.05) is 55.6 Å². The maximum atomic E-state index is 4.92. The van der Waals surface area contributed by atoms with E-state index in [4.69, 9.17) is 15.0 Å². The number of anilines is 1. The van der Waals surface area contributed by atoms with E-state index in [-0.39, 0.29) is 0 Å². The zero-order chi connectivity index (χ0) is 20.5. The van der Waals surface area contributed by atoms with Crippen LogP contribution in [0.3, 0.4) is 0 Å². The van der Waals surface area contributed by atoms with E-state index in [1.54, 1.807) is 0 Å². The molecule has 0 aliphatic carbocycles. The monoisotopic (exact) mass is 398 g/mol. The zero-order valence-corrected chi connectivity index (χ0v) is 17.5. The number of pyridine rings is 2. The first-order valence-corrected chi connectivity index (χ1v) is 10.6. The topological polar surface area (TPSA) is 59.2 Å². The standard InChI is InChI=1S/C24H26N6/c1-17-11-18(2)26-20(12-17)15-22-27-21(16-24(28-22)29-7-3-4-8-29)13-19-5-9-30-10-6-25-23(30)14-19/h5-6,9-12,14,16H,3-4,7-8,13,15H2,1-2H3. The van der Waals surface area contributed by atoms with Crippen LogP contribution in [0.1, 0.15) is 46.9 Å². The van der Waals surface area contributed by atoms with Crippen molar-refractivity contribution in [2.75, 3.05) is 18.0 Å². The molecule has 0 N–H and O–H groups in total. The molecule has 5 rings (SSSR count). The summed E-state index contributed by atoms with van der Waals surface area (Å²) in [6.07, 6.45) is 9.71. The number of imidazole rings is 1. The van der Waals surface area contributed by atoms with Crippen molar-refractivity contribution in [3.05, 3.63) is 83.0 Å². The molecule has 4 aromatic rings. The van der Waals surface area contributed by atoms with E-state index in [1.807, 2.05) is 23.7 Å². The Bertz CT molecular complexity index is 1170. The van der Waals surface area contributed by atoms with Gasteiger partial charge in [-0.2, -0.15) is 0 Å². The summed E-state index contributed by atoms with van der Waals surface area (Å²) in [4.78, 5) is 21.3. The van der Waals surface area contributed by atoms with Gasteiger partial charge in [0.15, 0.2) is 0 Å². The van der Waals surface area contributed by atoms with Gasteiger partial charge < -0.3 is 9.30 Å². The maximum Gasteiger partial charge on any atom is 0.136 e. The van der Waals surface area contributed by atoms with Crippen LogP contribution < -0.4 is 4.90 Å². The van der Waals surface area contributed by atoms with Gasteiger partial charge in [-0.3, -0.25) is 4.98 Å². The highest BCUT2D eigenvalue weighted by Gasteiger charge is 2.17. The van der Waals surface area contributed by atoms with Crippen molar-refractivity contribution in [1.82, 2.24) is 24.3 Å². The zero-order valence-electron chi connectivity index (χ0n) is 17.5. The van der Waals surface area contributed by atoms with Crippen LogP contribution in [0.15, 0.2) is 48.9 Å². The quantitative estimate of drug-likeness (QED) is 0.510. The number of hydrogen-bond acceptors (Lipinski definition) is 5. The van der Waals surface area contributed by atoms with Gasteiger partial charge in [-0.1, -0.05) is 0 Å². The van der Waals surface area contributed by atoms with Crippen molar-refractivity contribution in [3.63, 3.8) is 0 Å². The molecule has 1 aliphatic rings. The summed E-state index contributed by atoms with van der Waals surface area (Å²) < 4.78 is 2.02. The molecule has 5 heterocycles. The molecule has 1 aliphatic heterocycles. The van der Waals surface area contributed by atoms with Crippen LogP contribution in [0.2, 0.25) is 0 Å². The van der Waals surface area contributed by atoms with Crippen molar-refractivity contribution < 1.29 is 0 Å². The Labute approximate surface area is 176 Å². The van der Waals surface area contributed by atoms with E-state index < -0.39 is 0 Å². The minimum atomic E-state index is 0.649. The minimum absolute atomic E-state index is 0.649. The van der Waals surface area contributed by atoms with E-state index in [2.05, 4.69) is 53.3 Å². The Hall–Kier alpha value is -3.28. The Morgan fingerprint density at radius 1 is 0.867 bits per heavy atom. The molecule has 0 atom stereocenters. The minimum Gasteiger partial charge on any atom is -0.357 e. The summed E-state index contributed by atoms with van der Waals surface area (Å²) in [7, 11) is 0. The summed E-state index contributed by atoms with van der Waals surface area (Å²) in [5, 5.41) is 0. The Kier molecular flexibility index (Phi) is 4.91. The van der Waals surface area contributed by atoms with E-state index in [0.717, 1.165) is 53.9 Å². The van der Waals surface area contributed by atoms with E-state index in [0.29, 0.717) is 6.42 Å². The SMILES string of the molecule is Cc1cc(C)nc(Cc2nc(Cc3ccn4ccnc4c3)cc(N3CCCC3)n2)c1. The second-order valence-electron chi connectivity index (χ2n) is 8.19. The lowest BCUT2D eigenvalue weighted by atomic mass is 10.1. The Morgan fingerprint density at radius 3 is 2.53 bits per heavy atom. The van der Waals surface area contributed by atoms with Crippen molar-refractivity contribution in [1.29, 1.82) is 0 Å². The highest BCUT2D eigenvalue weighted by Crippen LogP contribution is 2.21. The predicted octanol–water partition coefficient (Wildman–Crippen LogP) is 3.92. The average Bonchev–Trinajstić information content (AvgIpc) is 3.39. The first-order valence-electron chi connectivity index (χ1n) is 10.6. The fourth-order valence-corrected chi connectivity index (χ4v) is 4.26. The molecule has 1 saturated heterocycles. The maximum absolute atomic E-state index is 4.92. The lowest BCUT2D eigenvalue weighted by Crippen LogP contribution is -2.20. The summed E-state index contributed by atoms with van der Waals surface area (Å²) in [5.41, 5.74) is 6.49. The number of nitrogens with zero attached hydrogens (tertiary/aromatic N) is 6. The third-order valence-corrected chi connectivity index (χ3v) is 5.58. The first kappa shape index (κ1) is 18.7. The predicted molar refractivity (Wildman–Crippen MR) is 118 cm³/mol. The van der Waals surface area contributed by atoms with Crippen LogP contribution in [0.5, 0.6) is 0 Å². The third kappa shape index (κ3) is 4.03. The van der Waals surface area contributed by atoms with Crippen LogP contribution in [0.4, 0.5) is 5.82 Å². The molecule has 4 aromatic heterocycles. The van der Waals surface area contributed by atoms with Crippen LogP contribution in [0.25, 0.3) is 5.65 Å². The summed E-state index contributed by atoms with van der Waals surface area (Å²) in [5.74, 6) is 1.88. The normalized spacial score (nSPS) is 14.0. The van der Waals surface area contributed by atoms with Gasteiger partial charge in [0.05, 0.1) is 12.1 Å². The molecule has 30 heavy (non-hydrogen) atoms. The van der Waals surface area contributed by atoms with Crippen molar-refractivity contribution in [3.8, 4) is 0 Å². The fraction of sp³-hybridized carbons (Fsp3) is 0.333. The van der Waals surface area contributed by atoms with Gasteiger partial charge in [0.2, 0.25) is 0 Å². The molecule has 0 spiro atoms. The molecule has 0 saturated carbocycles. The van der Waals surface area contributed by atoms with E-state index >= 15 is 0 Å². The molecule has 0 unspecified atom stereocenters. The van der Waals surface area contributed by atoms with Gasteiger partial charge in [-0.15, -0.1) is 0 Å². The lowest BCUT2D eigenvalue weighted by molar-refractivity contribution is 0.853. The molecule has 0 aromatic carbocycles. The molecule has 0 amide bonds. The molecule has 6 heteroatoms. The molecular weight excluding hydrogens is 372 g/mol. The van der Waals surface area contributed by atoms with Crippen LogP contribution in [0, 0.1) is 13.8 Å². The number of rotatable bonds is 5. The van der Waals surface area contributed by atoms with Crippen LogP contribution >= 0.6 is 0 Å². The first-order chi connectivity index (χ1) is 14.6. The summed E-state index contributed by atoms with van der Waals surface area (Å²) in [6.45, 7) is 6.28. The number of hydrogen-bond donors (Lipinski definition) is 0. The Balaban J connectivity index is 1.48. The third-order valence-electron chi connectivity index (χ3n) is 5.58. The second kappa shape index (κ2) is 7.86. The van der Waals surface area contributed by atoms with Crippen LogP contribution in [-0.2, 0) is 12.8 Å². The highest BCUT2D eigenvalue weighted by atomic mass is 15.2. The lowest BCUT2D eigenvalue weighted by Gasteiger charge is -2.18.